The Labute approximate surface area is 876 Å². The van der Waals surface area contributed by atoms with Crippen molar-refractivity contribution in [2.45, 2.75) is 137 Å². The lowest BCUT2D eigenvalue weighted by atomic mass is 9.93. The van der Waals surface area contributed by atoms with Gasteiger partial charge in [-0.2, -0.15) is 38.2 Å². The molecule has 4 aliphatic heterocycles. The van der Waals surface area contributed by atoms with E-state index in [1.807, 2.05) is 86.4 Å². The number of hydrogen-bond donors (Lipinski definition) is 2. The van der Waals surface area contributed by atoms with E-state index in [1.54, 1.807) is 83.9 Å². The molecular formula is C107H105Cl4F6N23O10. The van der Waals surface area contributed by atoms with Crippen LogP contribution in [0.5, 0.6) is 11.5 Å². The van der Waals surface area contributed by atoms with E-state index < -0.39 is 64.1 Å². The normalized spacial score (nSPS) is 16.7. The number of rotatable bonds is 19. The van der Waals surface area contributed by atoms with Crippen LogP contribution < -0.4 is 42.4 Å². The van der Waals surface area contributed by atoms with Gasteiger partial charge in [0.1, 0.15) is 63.7 Å². The molecule has 14 heterocycles. The quantitative estimate of drug-likeness (QED) is 0.0561. The predicted molar refractivity (Wildman–Crippen MR) is 566 cm³/mol. The first kappa shape index (κ1) is 106. The van der Waals surface area contributed by atoms with Gasteiger partial charge in [0, 0.05) is 128 Å². The number of benzene rings is 4. The lowest BCUT2D eigenvalue weighted by Gasteiger charge is -2.40. The maximum absolute atomic E-state index is 15.0. The van der Waals surface area contributed by atoms with Crippen LogP contribution in [0.4, 0.5) is 49.6 Å². The number of pyridine rings is 5. The molecule has 6 aliphatic rings. The highest BCUT2D eigenvalue weighted by atomic mass is 35.5. The third-order valence-electron chi connectivity index (χ3n) is 28.0. The fourth-order valence-electron chi connectivity index (χ4n) is 19.7. The van der Waals surface area contributed by atoms with Crippen molar-refractivity contribution in [1.82, 2.24) is 92.5 Å². The summed E-state index contributed by atoms with van der Waals surface area (Å²) in [4.78, 5) is 158. The Morgan fingerprint density at radius 1 is 0.487 bits per heavy atom. The Bertz CT molecular complexity index is 8000. The topological polar surface area (TPSA) is 356 Å². The second-order valence-electron chi connectivity index (χ2n) is 37.8. The number of amides is 4. The van der Waals surface area contributed by atoms with Crippen molar-refractivity contribution in [2.24, 2.45) is 5.41 Å². The maximum Gasteiger partial charge on any atom is 0.396 e. The molecule has 14 aromatic rings. The molecule has 20 rings (SSSR count). The van der Waals surface area contributed by atoms with Gasteiger partial charge < -0.3 is 49.4 Å². The van der Waals surface area contributed by atoms with Crippen LogP contribution in [0, 0.1) is 36.7 Å². The summed E-state index contributed by atoms with van der Waals surface area (Å²) in [6.07, 6.45) is 7.16. The lowest BCUT2D eigenvalue weighted by Crippen LogP contribution is -2.54. The number of nitrogens with zero attached hydrogens (tertiary/aromatic N) is 23. The van der Waals surface area contributed by atoms with Crippen molar-refractivity contribution in [3.63, 3.8) is 0 Å². The summed E-state index contributed by atoms with van der Waals surface area (Å²) in [7, 11) is 0. The van der Waals surface area contributed by atoms with Crippen molar-refractivity contribution in [3.05, 3.63) is 286 Å². The number of anilines is 4. The summed E-state index contributed by atoms with van der Waals surface area (Å²) in [5.74, 6) is -1.26. The number of alkyl halides is 3. The standard InChI is InChI=1S/C29H28ClFN6O3.C28H27ClFN7O2.C25H22ClF4N5O3.C25H28ClN5O2/c1-5-21-26(16(3)10-11-32-21)37-28-18(14-19(30)25(33-28)24-20(31)8-7-9-22(24)38)27(34-29(37)40)36-13-12-35(15-17(36)4)23(39)6-2;1-3-24(38)34-13-14-35(17(2)16-34)26-20-15-21(29)25(19-9-4-5-10-22(19)30)32-27(20)36(28(39)33-26)23-11-12-31-37(23)18-7-6-8-18;1-2-18(37)33-8-10-34(11-9-33)21-14-12-15(26)20(19-16(27)4-3-5-17(19)36)31-22(14)35(23(38)32-21)13-24(6-7-24)25(28,29)30;1-6-22(32)29-11-12-30(16(4)14-29)23-19-13-20(26)17(5)27-24(19)31(25(33)28-23)21-10-8-7-9-18(21)15(2)3/h6-11,14,17,38H,2,5,12-13,15H2,1,3-4H3;3-5,9-12,15,17-18H,1,6-8,13-14,16H2,2H3;2-5,12,36H,1,6-11,13H2;6-10,13,15-16H,1,11-12,14H2,2-5H3/t2*17-;;16-/m00.0/s1. The number of halogens is 10. The minimum Gasteiger partial charge on any atom is -0.507 e. The highest BCUT2D eigenvalue weighted by Gasteiger charge is 2.63. The molecule has 0 bridgehead atoms. The van der Waals surface area contributed by atoms with E-state index in [0.29, 0.717) is 151 Å². The zero-order valence-corrected chi connectivity index (χ0v) is 86.1. The first-order valence-corrected chi connectivity index (χ1v) is 50.3. The largest absolute Gasteiger partial charge is 0.507 e. The molecule has 4 amide bonds. The number of piperazine rings is 4. The molecule has 0 radical (unpaired) electrons. The number of phenolic OH excluding ortho intramolecular Hbond substituents is 2. The molecule has 0 unspecified atom stereocenters. The van der Waals surface area contributed by atoms with Gasteiger partial charge in [0.25, 0.3) is 0 Å². The predicted octanol–water partition coefficient (Wildman–Crippen LogP) is 17.0. The van der Waals surface area contributed by atoms with Gasteiger partial charge in [-0.25, -0.2) is 70.7 Å². The number of aromatic nitrogens is 15. The van der Waals surface area contributed by atoms with Crippen LogP contribution in [0.1, 0.15) is 108 Å². The molecule has 2 aliphatic carbocycles. The van der Waals surface area contributed by atoms with E-state index in [9.17, 15) is 74.9 Å². The number of fused-ring (bicyclic) bond motifs is 4. The molecule has 4 aromatic carbocycles. The summed E-state index contributed by atoms with van der Waals surface area (Å²) in [5.41, 5.74) is 0.458. The number of aryl methyl sites for hydroxylation is 3. The summed E-state index contributed by atoms with van der Waals surface area (Å²) in [5, 5.41) is 28.0. The van der Waals surface area contributed by atoms with Crippen LogP contribution in [0.15, 0.2) is 204 Å². The fraction of sp³-hybridized carbons (Fsp3) is 0.327. The van der Waals surface area contributed by atoms with E-state index >= 15 is 0 Å². The maximum atomic E-state index is 15.0. The smallest absolute Gasteiger partial charge is 0.396 e. The van der Waals surface area contributed by atoms with Crippen molar-refractivity contribution in [1.29, 1.82) is 0 Å². The number of carbonyl (C=O) groups excluding carboxylic acids is 4. The number of hydrogen-bond acceptors (Lipinski definition) is 24. The van der Waals surface area contributed by atoms with Gasteiger partial charge in [-0.3, -0.25) is 28.7 Å². The zero-order valence-electron chi connectivity index (χ0n) is 83.1. The summed E-state index contributed by atoms with van der Waals surface area (Å²) in [6, 6.07) is 31.4. The van der Waals surface area contributed by atoms with Crippen molar-refractivity contribution < 1.29 is 55.7 Å². The van der Waals surface area contributed by atoms with Crippen LogP contribution in [0.25, 0.3) is 95.1 Å². The number of carbonyl (C=O) groups is 4. The van der Waals surface area contributed by atoms with Crippen molar-refractivity contribution in [3.8, 4) is 62.5 Å². The monoisotopic (exact) mass is 2130 g/mol. The third-order valence-corrected chi connectivity index (χ3v) is 29.3. The minimum atomic E-state index is -4.55. The fourth-order valence-corrected chi connectivity index (χ4v) is 20.6. The van der Waals surface area contributed by atoms with Crippen LogP contribution in [-0.2, 0) is 32.1 Å². The second kappa shape index (κ2) is 43.5. The van der Waals surface area contributed by atoms with E-state index in [2.05, 4.69) is 80.1 Å². The van der Waals surface area contributed by atoms with E-state index in [-0.39, 0.29) is 157 Å². The van der Waals surface area contributed by atoms with Crippen LogP contribution >= 0.6 is 46.4 Å². The van der Waals surface area contributed by atoms with Crippen LogP contribution in [0.3, 0.4) is 0 Å². The molecule has 778 valence electrons. The number of phenols is 2. The lowest BCUT2D eigenvalue weighted by molar-refractivity contribution is -0.190. The molecule has 10 aromatic heterocycles. The molecule has 3 atom stereocenters. The van der Waals surface area contributed by atoms with Crippen molar-refractivity contribution >= 4 is 137 Å². The summed E-state index contributed by atoms with van der Waals surface area (Å²) in [6.45, 7) is 34.5. The highest BCUT2D eigenvalue weighted by Crippen LogP contribution is 2.59. The number of para-hydroxylation sites is 1. The summed E-state index contributed by atoms with van der Waals surface area (Å²) >= 11 is 26.4. The van der Waals surface area contributed by atoms with E-state index in [4.69, 9.17) is 61.4 Å². The molecule has 4 saturated heterocycles. The zero-order chi connectivity index (χ0) is 107. The minimum absolute atomic E-state index is 0.0101. The molecule has 150 heavy (non-hydrogen) atoms. The van der Waals surface area contributed by atoms with E-state index in [1.165, 1.54) is 75.9 Å². The van der Waals surface area contributed by atoms with E-state index in [0.717, 1.165) is 46.7 Å². The van der Waals surface area contributed by atoms with Crippen molar-refractivity contribution in [2.75, 3.05) is 105 Å². The molecule has 2 N–H and O–H groups in total. The highest BCUT2D eigenvalue weighted by molar-refractivity contribution is 6.35. The Morgan fingerprint density at radius 3 is 1.39 bits per heavy atom. The average molecular weight is 2130 g/mol. The average Bonchev–Trinajstić information content (AvgIpc) is 1.54. The van der Waals surface area contributed by atoms with Crippen LogP contribution in [0.2, 0.25) is 20.1 Å². The first-order chi connectivity index (χ1) is 71.7. The molecular weight excluding hydrogens is 2020 g/mol. The molecule has 33 nitrogen and oxygen atoms in total. The Hall–Kier alpha value is -15.2. The third kappa shape index (κ3) is 20.6. The van der Waals surface area contributed by atoms with Gasteiger partial charge in [-0.15, -0.1) is 0 Å². The summed E-state index contributed by atoms with van der Waals surface area (Å²) < 4.78 is 93.0. The number of aromatic hydroxyl groups is 2. The Morgan fingerprint density at radius 2 is 0.920 bits per heavy atom. The Kier molecular flexibility index (Phi) is 30.8. The molecule has 43 heteroatoms. The molecule has 0 spiro atoms. The first-order valence-electron chi connectivity index (χ1n) is 48.7. The molecule has 6 fully saturated rings. The second-order valence-corrected chi connectivity index (χ2v) is 39.4. The molecule has 2 saturated carbocycles. The van der Waals surface area contributed by atoms with Gasteiger partial charge in [-0.1, -0.05) is 136 Å². The Balaban J connectivity index is 0.000000136. The van der Waals surface area contributed by atoms with Gasteiger partial charge in [-0.05, 0) is 187 Å². The van der Waals surface area contributed by atoms with Gasteiger partial charge in [0.2, 0.25) is 23.6 Å². The van der Waals surface area contributed by atoms with Gasteiger partial charge in [0.15, 0.2) is 16.9 Å². The van der Waals surface area contributed by atoms with Gasteiger partial charge >= 0.3 is 28.9 Å². The van der Waals surface area contributed by atoms with Gasteiger partial charge in [0.05, 0.1) is 110 Å². The van der Waals surface area contributed by atoms with Crippen LogP contribution in [-0.4, -0.2) is 236 Å². The SMILES string of the molecule is C=CC(=O)N1CCN(c2nc(=O)n(-c3c(C)ccnc3CC)c3nc(-c4c(O)cccc4F)c(Cl)cc23)[C@@H](C)C1.C=CC(=O)N1CCN(c2nc(=O)n(-c3ccccc3C(C)C)c3nc(C)c(Cl)cc23)[C@@H](C)C1.C=CC(=O)N1CCN(c2nc(=O)n(-c3ccnn3C3CCC3)c3nc(-c4ccccc4F)c(Cl)cc23)[C@@H](C)C1.C=CC(=O)N1CCN(c2nc(=O)n(CC3(C(F)(F)F)CC3)c3nc(-c4c(O)cccc4F)c(Cl)cc23)CC1.